The van der Waals surface area contributed by atoms with E-state index >= 15 is 0 Å². The highest BCUT2D eigenvalue weighted by molar-refractivity contribution is 5.92. The molecule has 27 heavy (non-hydrogen) atoms. The van der Waals surface area contributed by atoms with E-state index in [1.54, 1.807) is 30.5 Å². The second-order valence-corrected chi connectivity index (χ2v) is 7.07. The smallest absolute Gasteiger partial charge is 0.338 e. The number of oxazole rings is 1. The summed E-state index contributed by atoms with van der Waals surface area (Å²) in [6, 6.07) is 6.54. The van der Waals surface area contributed by atoms with Crippen LogP contribution in [0.2, 0.25) is 0 Å². The molecule has 2 amide bonds. The van der Waals surface area contributed by atoms with Crippen molar-refractivity contribution in [2.75, 3.05) is 20.2 Å². The van der Waals surface area contributed by atoms with Crippen LogP contribution in [0.25, 0.3) is 11.3 Å². The van der Waals surface area contributed by atoms with E-state index in [1.807, 2.05) is 20.8 Å². The van der Waals surface area contributed by atoms with Crippen molar-refractivity contribution >= 4 is 17.8 Å². The van der Waals surface area contributed by atoms with Crippen molar-refractivity contribution in [3.8, 4) is 11.3 Å². The number of amides is 2. The molecule has 0 fully saturated rings. The fourth-order valence-corrected chi connectivity index (χ4v) is 2.21. The maximum absolute atomic E-state index is 12.1. The number of hydrogen-bond donors (Lipinski definition) is 1. The highest BCUT2D eigenvalue weighted by atomic mass is 16.5. The van der Waals surface area contributed by atoms with Crippen LogP contribution in [0.3, 0.4) is 0 Å². The molecule has 0 aliphatic carbocycles. The Kier molecular flexibility index (Phi) is 6.33. The minimum atomic E-state index is -0.625. The number of hydrogen-bond acceptors (Lipinski definition) is 6. The third-order valence-corrected chi connectivity index (χ3v) is 3.49. The maximum atomic E-state index is 12.1. The molecule has 2 rings (SSSR count). The largest absolute Gasteiger partial charge is 0.452 e. The monoisotopic (exact) mass is 373 g/mol. The van der Waals surface area contributed by atoms with Crippen LogP contribution >= 0.6 is 0 Å². The highest BCUT2D eigenvalue weighted by Gasteiger charge is 2.19. The first-order valence-corrected chi connectivity index (χ1v) is 8.37. The maximum Gasteiger partial charge on any atom is 0.338 e. The van der Waals surface area contributed by atoms with Crippen LogP contribution in [0, 0.1) is 0 Å². The molecule has 2 aromatic rings. The van der Waals surface area contributed by atoms with Gasteiger partial charge in [-0.3, -0.25) is 9.59 Å². The van der Waals surface area contributed by atoms with Gasteiger partial charge in [0.15, 0.2) is 18.8 Å². The van der Waals surface area contributed by atoms with Crippen LogP contribution in [-0.2, 0) is 14.3 Å². The van der Waals surface area contributed by atoms with Crippen LogP contribution in [0.5, 0.6) is 0 Å². The van der Waals surface area contributed by atoms with E-state index in [0.29, 0.717) is 11.3 Å². The molecule has 0 spiro atoms. The zero-order valence-corrected chi connectivity index (χ0v) is 15.8. The molecule has 1 aromatic heterocycles. The molecule has 1 N–H and O–H groups in total. The Morgan fingerprint density at radius 1 is 1.19 bits per heavy atom. The molecule has 0 aliphatic rings. The van der Waals surface area contributed by atoms with Crippen molar-refractivity contribution in [1.82, 2.24) is 15.2 Å². The molecular formula is C19H23N3O5. The van der Waals surface area contributed by atoms with Gasteiger partial charge in [-0.05, 0) is 32.9 Å². The first-order chi connectivity index (χ1) is 12.7. The van der Waals surface area contributed by atoms with E-state index < -0.39 is 18.5 Å². The Labute approximate surface area is 157 Å². The Bertz CT molecular complexity index is 792. The van der Waals surface area contributed by atoms with Crippen molar-refractivity contribution in [3.63, 3.8) is 0 Å². The van der Waals surface area contributed by atoms with Crippen LogP contribution in [0.4, 0.5) is 0 Å². The summed E-state index contributed by atoms with van der Waals surface area (Å²) in [4.78, 5) is 41.0. The molecule has 8 nitrogen and oxygen atoms in total. The molecule has 0 bridgehead atoms. The van der Waals surface area contributed by atoms with Gasteiger partial charge < -0.3 is 19.4 Å². The summed E-state index contributed by atoms with van der Waals surface area (Å²) in [7, 11) is 1.48. The van der Waals surface area contributed by atoms with Crippen molar-refractivity contribution < 1.29 is 23.5 Å². The second kappa shape index (κ2) is 8.48. The summed E-state index contributed by atoms with van der Waals surface area (Å²) < 4.78 is 10.2. The third-order valence-electron chi connectivity index (χ3n) is 3.49. The summed E-state index contributed by atoms with van der Waals surface area (Å²) in [6.45, 7) is 4.99. The van der Waals surface area contributed by atoms with Crippen molar-refractivity contribution in [1.29, 1.82) is 0 Å². The predicted molar refractivity (Wildman–Crippen MR) is 97.8 cm³/mol. The zero-order chi connectivity index (χ0) is 20.0. The quantitative estimate of drug-likeness (QED) is 0.776. The van der Waals surface area contributed by atoms with Gasteiger partial charge in [0.25, 0.3) is 5.91 Å². The molecule has 0 radical (unpaired) electrons. The lowest BCUT2D eigenvalue weighted by molar-refractivity contribution is -0.137. The third kappa shape index (κ3) is 6.25. The van der Waals surface area contributed by atoms with Gasteiger partial charge in [-0.1, -0.05) is 12.1 Å². The van der Waals surface area contributed by atoms with E-state index in [2.05, 4.69) is 10.3 Å². The van der Waals surface area contributed by atoms with Crippen LogP contribution in [0.1, 0.15) is 31.1 Å². The number of likely N-dealkylation sites (N-methyl/N-ethyl adjacent to an activating group) is 1. The molecule has 0 saturated carbocycles. The number of carbonyl (C=O) groups excluding carboxylic acids is 3. The Balaban J connectivity index is 1.83. The number of carbonyl (C=O) groups is 3. The average Bonchev–Trinajstić information content (AvgIpc) is 3.12. The van der Waals surface area contributed by atoms with Gasteiger partial charge >= 0.3 is 5.97 Å². The number of esters is 1. The minimum absolute atomic E-state index is 0.112. The summed E-state index contributed by atoms with van der Waals surface area (Å²) in [5.74, 6) is -0.793. The van der Waals surface area contributed by atoms with E-state index in [-0.39, 0.29) is 18.0 Å². The molecule has 0 saturated heterocycles. The SMILES string of the molecule is CN(CC(=O)NC(C)(C)C)C(=O)COC(=O)c1ccc(-c2cnco2)cc1. The lowest BCUT2D eigenvalue weighted by Gasteiger charge is -2.23. The fraction of sp³-hybridized carbons (Fsp3) is 0.368. The normalized spacial score (nSPS) is 11.0. The average molecular weight is 373 g/mol. The van der Waals surface area contributed by atoms with Gasteiger partial charge in [-0.15, -0.1) is 0 Å². The Morgan fingerprint density at radius 2 is 1.85 bits per heavy atom. The topological polar surface area (TPSA) is 102 Å². The fourth-order valence-electron chi connectivity index (χ4n) is 2.21. The van der Waals surface area contributed by atoms with E-state index in [1.165, 1.54) is 18.3 Å². The van der Waals surface area contributed by atoms with Gasteiger partial charge in [-0.25, -0.2) is 9.78 Å². The molecule has 8 heteroatoms. The minimum Gasteiger partial charge on any atom is -0.452 e. The van der Waals surface area contributed by atoms with Gasteiger partial charge in [0, 0.05) is 18.2 Å². The second-order valence-electron chi connectivity index (χ2n) is 7.07. The molecule has 144 valence electrons. The lowest BCUT2D eigenvalue weighted by atomic mass is 10.1. The molecule has 1 aromatic carbocycles. The van der Waals surface area contributed by atoms with Gasteiger partial charge in [-0.2, -0.15) is 0 Å². The van der Waals surface area contributed by atoms with Crippen LogP contribution in [-0.4, -0.2) is 53.4 Å². The summed E-state index contributed by atoms with van der Waals surface area (Å²) in [6.07, 6.45) is 2.89. The van der Waals surface area contributed by atoms with Crippen LogP contribution < -0.4 is 5.32 Å². The standard InChI is InChI=1S/C19H23N3O5/c1-19(2,3)21-16(23)10-22(4)17(24)11-26-18(25)14-7-5-13(6-8-14)15-9-20-12-27-15/h5-9,12H,10-11H2,1-4H3,(H,21,23). The number of benzene rings is 1. The number of rotatable bonds is 6. The van der Waals surface area contributed by atoms with Crippen molar-refractivity contribution in [2.24, 2.45) is 0 Å². The zero-order valence-electron chi connectivity index (χ0n) is 15.8. The summed E-state index contributed by atoms with van der Waals surface area (Å²) >= 11 is 0. The predicted octanol–water partition coefficient (Wildman–Crippen LogP) is 1.87. The van der Waals surface area contributed by atoms with Gasteiger partial charge in [0.05, 0.1) is 18.3 Å². The summed E-state index contributed by atoms with van der Waals surface area (Å²) in [5.41, 5.74) is 0.689. The first-order valence-electron chi connectivity index (χ1n) is 8.37. The molecule has 1 heterocycles. The van der Waals surface area contributed by atoms with Crippen molar-refractivity contribution in [3.05, 3.63) is 42.4 Å². The van der Waals surface area contributed by atoms with Gasteiger partial charge in [0.1, 0.15) is 0 Å². The van der Waals surface area contributed by atoms with E-state index in [4.69, 9.17) is 9.15 Å². The molecule has 0 unspecified atom stereocenters. The number of aromatic nitrogens is 1. The van der Waals surface area contributed by atoms with E-state index in [0.717, 1.165) is 5.56 Å². The summed E-state index contributed by atoms with van der Waals surface area (Å²) in [5, 5.41) is 2.76. The Morgan fingerprint density at radius 3 is 2.41 bits per heavy atom. The number of nitrogens with one attached hydrogen (secondary N) is 1. The lowest BCUT2D eigenvalue weighted by Crippen LogP contribution is -2.46. The molecule has 0 aliphatic heterocycles. The van der Waals surface area contributed by atoms with Crippen LogP contribution in [0.15, 0.2) is 41.3 Å². The molecular weight excluding hydrogens is 350 g/mol. The number of nitrogens with zero attached hydrogens (tertiary/aromatic N) is 2. The first kappa shape index (κ1) is 20.2. The Hall–Kier alpha value is -3.16. The number of ether oxygens (including phenoxy) is 1. The highest BCUT2D eigenvalue weighted by Crippen LogP contribution is 2.19. The molecule has 0 atom stereocenters. The van der Waals surface area contributed by atoms with Crippen molar-refractivity contribution in [2.45, 2.75) is 26.3 Å². The van der Waals surface area contributed by atoms with Gasteiger partial charge in [0.2, 0.25) is 5.91 Å². The van der Waals surface area contributed by atoms with E-state index in [9.17, 15) is 14.4 Å².